The number of hydrogen-bond donors (Lipinski definition) is 1. The summed E-state index contributed by atoms with van der Waals surface area (Å²) >= 11 is 1.68. The number of para-hydroxylation sites is 1. The van der Waals surface area contributed by atoms with Crippen LogP contribution in [-0.4, -0.2) is 14.8 Å². The van der Waals surface area contributed by atoms with Crippen molar-refractivity contribution in [2.45, 2.75) is 25.3 Å². The Hall–Kier alpha value is -1.72. The molecule has 1 aliphatic rings. The van der Waals surface area contributed by atoms with Crippen molar-refractivity contribution in [2.24, 2.45) is 5.73 Å². The first kappa shape index (κ1) is 11.1. The first-order chi connectivity index (χ1) is 9.33. The zero-order valence-electron chi connectivity index (χ0n) is 10.4. The fraction of sp³-hybridized carbons (Fsp3) is 0.286. The van der Waals surface area contributed by atoms with Crippen LogP contribution in [0.5, 0.6) is 0 Å². The number of thiazole rings is 1. The van der Waals surface area contributed by atoms with Crippen molar-refractivity contribution >= 4 is 21.6 Å². The van der Waals surface area contributed by atoms with Crippen LogP contribution in [0.1, 0.15) is 30.1 Å². The SMILES string of the molecule is NC1CCCc2c1cnn2-c1nc2ccccc2s1. The molecule has 2 N–H and O–H groups in total. The zero-order chi connectivity index (χ0) is 12.8. The van der Waals surface area contributed by atoms with Gasteiger partial charge in [0, 0.05) is 11.6 Å². The molecule has 4 rings (SSSR count). The number of benzene rings is 1. The lowest BCUT2D eigenvalue weighted by Crippen LogP contribution is -2.17. The number of nitrogens with two attached hydrogens (primary N) is 1. The van der Waals surface area contributed by atoms with E-state index in [-0.39, 0.29) is 6.04 Å². The molecule has 2 aromatic heterocycles. The van der Waals surface area contributed by atoms with Crippen LogP contribution in [-0.2, 0) is 6.42 Å². The van der Waals surface area contributed by atoms with E-state index in [1.807, 2.05) is 29.1 Å². The van der Waals surface area contributed by atoms with E-state index < -0.39 is 0 Å². The van der Waals surface area contributed by atoms with Gasteiger partial charge in [0.05, 0.1) is 22.1 Å². The monoisotopic (exact) mass is 270 g/mol. The van der Waals surface area contributed by atoms with Crippen LogP contribution in [0, 0.1) is 0 Å². The minimum absolute atomic E-state index is 0.131. The molecule has 0 fully saturated rings. The summed E-state index contributed by atoms with van der Waals surface area (Å²) in [4.78, 5) is 4.67. The van der Waals surface area contributed by atoms with Crippen LogP contribution in [0.25, 0.3) is 15.3 Å². The quantitative estimate of drug-likeness (QED) is 0.739. The van der Waals surface area contributed by atoms with Gasteiger partial charge in [-0.15, -0.1) is 0 Å². The van der Waals surface area contributed by atoms with Gasteiger partial charge in [0.1, 0.15) is 0 Å². The Bertz CT molecular complexity index is 710. The van der Waals surface area contributed by atoms with Gasteiger partial charge in [-0.1, -0.05) is 23.5 Å². The topological polar surface area (TPSA) is 56.7 Å². The van der Waals surface area contributed by atoms with Gasteiger partial charge in [0.2, 0.25) is 5.13 Å². The molecule has 2 heterocycles. The average molecular weight is 270 g/mol. The number of hydrogen-bond acceptors (Lipinski definition) is 4. The molecule has 1 unspecified atom stereocenters. The van der Waals surface area contributed by atoms with Gasteiger partial charge in [-0.2, -0.15) is 5.10 Å². The predicted octanol–water partition coefficient (Wildman–Crippen LogP) is 2.82. The van der Waals surface area contributed by atoms with Crippen molar-refractivity contribution in [1.29, 1.82) is 0 Å². The molecule has 0 saturated carbocycles. The van der Waals surface area contributed by atoms with Crippen molar-refractivity contribution in [2.75, 3.05) is 0 Å². The van der Waals surface area contributed by atoms with E-state index in [1.165, 1.54) is 16.0 Å². The van der Waals surface area contributed by atoms with E-state index >= 15 is 0 Å². The van der Waals surface area contributed by atoms with Crippen molar-refractivity contribution in [3.05, 3.63) is 41.7 Å². The molecule has 0 amide bonds. The van der Waals surface area contributed by atoms with E-state index in [2.05, 4.69) is 16.1 Å². The van der Waals surface area contributed by atoms with Crippen LogP contribution in [0.15, 0.2) is 30.5 Å². The Morgan fingerprint density at radius 2 is 2.21 bits per heavy atom. The maximum Gasteiger partial charge on any atom is 0.211 e. The second-order valence-corrected chi connectivity index (χ2v) is 5.93. The van der Waals surface area contributed by atoms with E-state index in [9.17, 15) is 0 Å². The molecule has 3 aromatic rings. The number of nitrogens with zero attached hydrogens (tertiary/aromatic N) is 3. The van der Waals surface area contributed by atoms with Gasteiger partial charge in [-0.05, 0) is 31.4 Å². The lowest BCUT2D eigenvalue weighted by Gasteiger charge is -2.18. The largest absolute Gasteiger partial charge is 0.324 e. The van der Waals surface area contributed by atoms with Crippen molar-refractivity contribution in [1.82, 2.24) is 14.8 Å². The Labute approximate surface area is 114 Å². The van der Waals surface area contributed by atoms with Gasteiger partial charge in [0.15, 0.2) is 0 Å². The number of rotatable bonds is 1. The third kappa shape index (κ3) is 1.69. The highest BCUT2D eigenvalue weighted by molar-refractivity contribution is 7.20. The van der Waals surface area contributed by atoms with Crippen LogP contribution >= 0.6 is 11.3 Å². The van der Waals surface area contributed by atoms with Crippen LogP contribution in [0.4, 0.5) is 0 Å². The molecule has 0 bridgehead atoms. The second kappa shape index (κ2) is 4.15. The van der Waals surface area contributed by atoms with Crippen molar-refractivity contribution < 1.29 is 0 Å². The Morgan fingerprint density at radius 3 is 3.11 bits per heavy atom. The molecular formula is C14H14N4S. The fourth-order valence-electron chi connectivity index (χ4n) is 2.71. The van der Waals surface area contributed by atoms with E-state index in [1.54, 1.807) is 11.3 Å². The van der Waals surface area contributed by atoms with Gasteiger partial charge < -0.3 is 5.73 Å². The highest BCUT2D eigenvalue weighted by Gasteiger charge is 2.23. The third-order valence-electron chi connectivity index (χ3n) is 3.69. The fourth-order valence-corrected chi connectivity index (χ4v) is 3.66. The normalized spacial score (nSPS) is 18.7. The lowest BCUT2D eigenvalue weighted by atomic mass is 9.94. The first-order valence-corrected chi connectivity index (χ1v) is 7.33. The summed E-state index contributed by atoms with van der Waals surface area (Å²) in [6, 6.07) is 8.32. The molecule has 0 saturated heterocycles. The van der Waals surface area contributed by atoms with Crippen LogP contribution in [0.3, 0.4) is 0 Å². The van der Waals surface area contributed by atoms with E-state index in [0.29, 0.717) is 0 Å². The molecule has 1 atom stereocenters. The summed E-state index contributed by atoms with van der Waals surface area (Å²) in [7, 11) is 0. The summed E-state index contributed by atoms with van der Waals surface area (Å²) in [6.07, 6.45) is 5.13. The minimum Gasteiger partial charge on any atom is -0.324 e. The molecule has 1 aliphatic carbocycles. The minimum atomic E-state index is 0.131. The molecule has 0 spiro atoms. The Balaban J connectivity index is 1.88. The maximum absolute atomic E-state index is 6.14. The summed E-state index contributed by atoms with van der Waals surface area (Å²) in [5.74, 6) is 0. The van der Waals surface area contributed by atoms with E-state index in [0.717, 1.165) is 29.9 Å². The zero-order valence-corrected chi connectivity index (χ0v) is 11.2. The summed E-state index contributed by atoms with van der Waals surface area (Å²) in [5, 5.41) is 5.44. The molecule has 5 heteroatoms. The highest BCUT2D eigenvalue weighted by atomic mass is 32.1. The standard InChI is InChI=1S/C14H14N4S/c15-10-4-3-6-12-9(10)8-16-18(12)14-17-11-5-1-2-7-13(11)19-14/h1-2,5,7-8,10H,3-4,6,15H2. The lowest BCUT2D eigenvalue weighted by molar-refractivity contribution is 0.558. The molecule has 0 radical (unpaired) electrons. The number of fused-ring (bicyclic) bond motifs is 2. The van der Waals surface area contributed by atoms with Crippen LogP contribution in [0.2, 0.25) is 0 Å². The van der Waals surface area contributed by atoms with Crippen molar-refractivity contribution in [3.63, 3.8) is 0 Å². The van der Waals surface area contributed by atoms with Crippen LogP contribution < -0.4 is 5.73 Å². The Kier molecular flexibility index (Phi) is 2.43. The number of aromatic nitrogens is 3. The second-order valence-electron chi connectivity index (χ2n) is 4.92. The third-order valence-corrected chi connectivity index (χ3v) is 4.71. The first-order valence-electron chi connectivity index (χ1n) is 6.51. The maximum atomic E-state index is 6.14. The molecule has 96 valence electrons. The summed E-state index contributed by atoms with van der Waals surface area (Å²) < 4.78 is 3.17. The molecule has 0 aliphatic heterocycles. The Morgan fingerprint density at radius 1 is 1.32 bits per heavy atom. The van der Waals surface area contributed by atoms with E-state index in [4.69, 9.17) is 5.73 Å². The van der Waals surface area contributed by atoms with Gasteiger partial charge >= 0.3 is 0 Å². The smallest absolute Gasteiger partial charge is 0.211 e. The van der Waals surface area contributed by atoms with Gasteiger partial charge in [-0.25, -0.2) is 9.67 Å². The van der Waals surface area contributed by atoms with Gasteiger partial charge in [-0.3, -0.25) is 0 Å². The van der Waals surface area contributed by atoms with Gasteiger partial charge in [0.25, 0.3) is 0 Å². The molecule has 1 aromatic carbocycles. The molecule has 4 nitrogen and oxygen atoms in total. The predicted molar refractivity (Wildman–Crippen MR) is 76.6 cm³/mol. The summed E-state index contributed by atoms with van der Waals surface area (Å²) in [5.41, 5.74) is 9.60. The molecule has 19 heavy (non-hydrogen) atoms. The van der Waals surface area contributed by atoms with Crippen molar-refractivity contribution in [3.8, 4) is 5.13 Å². The molecular weight excluding hydrogens is 256 g/mol. The summed E-state index contributed by atoms with van der Waals surface area (Å²) in [6.45, 7) is 0. The average Bonchev–Trinajstić information content (AvgIpc) is 3.02. The highest BCUT2D eigenvalue weighted by Crippen LogP contribution is 2.31.